The highest BCUT2D eigenvalue weighted by Gasteiger charge is 2.11. The van der Waals surface area contributed by atoms with Crippen LogP contribution in [0.15, 0.2) is 54.6 Å². The van der Waals surface area contributed by atoms with Gasteiger partial charge in [-0.2, -0.15) is 10.5 Å². The van der Waals surface area contributed by atoms with Gasteiger partial charge >= 0.3 is 0 Å². The Kier molecular flexibility index (Phi) is 4.26. The predicted octanol–water partition coefficient (Wildman–Crippen LogP) is 1.94. The van der Waals surface area contributed by atoms with Gasteiger partial charge in [0.15, 0.2) is 5.69 Å². The molecule has 19 heavy (non-hydrogen) atoms. The fourth-order valence-electron chi connectivity index (χ4n) is 1.94. The standard InChI is InChI=1S/C15H14N2O2/c16-11-14(13-4-2-1-3-5-13)10-12-6-8-15(9-7-12)17(18)19/h1-9,14,17-18H,10H2/t14-/m0/s1. The lowest BCUT2D eigenvalue weighted by Gasteiger charge is -2.13. The van der Waals surface area contributed by atoms with Crippen LogP contribution >= 0.6 is 0 Å². The van der Waals surface area contributed by atoms with E-state index in [9.17, 15) is 10.5 Å². The van der Waals surface area contributed by atoms with E-state index in [-0.39, 0.29) is 11.6 Å². The Hall–Kier alpha value is -2.19. The van der Waals surface area contributed by atoms with Crippen molar-refractivity contribution in [2.24, 2.45) is 0 Å². The summed E-state index contributed by atoms with van der Waals surface area (Å²) >= 11 is 0. The molecule has 0 saturated heterocycles. The van der Waals surface area contributed by atoms with E-state index in [4.69, 9.17) is 5.21 Å². The summed E-state index contributed by atoms with van der Waals surface area (Å²) in [4.78, 5) is 0. The van der Waals surface area contributed by atoms with Crippen LogP contribution in [0, 0.1) is 16.5 Å². The van der Waals surface area contributed by atoms with Crippen LogP contribution in [0.25, 0.3) is 0 Å². The zero-order valence-electron chi connectivity index (χ0n) is 10.3. The van der Waals surface area contributed by atoms with Gasteiger partial charge in [-0.15, -0.1) is 0 Å². The summed E-state index contributed by atoms with van der Waals surface area (Å²) in [6.07, 6.45) is 0.584. The van der Waals surface area contributed by atoms with Gasteiger partial charge < -0.3 is 5.21 Å². The summed E-state index contributed by atoms with van der Waals surface area (Å²) in [6, 6.07) is 18.5. The van der Waals surface area contributed by atoms with Crippen LogP contribution in [-0.2, 0) is 6.42 Å². The molecule has 0 aliphatic carbocycles. The molecule has 2 aromatic carbocycles. The first kappa shape index (κ1) is 13.2. The van der Waals surface area contributed by atoms with Gasteiger partial charge in [-0.3, -0.25) is 0 Å². The molecule has 0 amide bonds. The zero-order valence-corrected chi connectivity index (χ0v) is 10.3. The second-order valence-electron chi connectivity index (χ2n) is 4.30. The number of rotatable bonds is 4. The molecule has 2 rings (SSSR count). The number of nitrogens with one attached hydrogen (secondary N) is 1. The average Bonchev–Trinajstić information content (AvgIpc) is 2.46. The molecule has 1 unspecified atom stereocenters. The lowest BCUT2D eigenvalue weighted by atomic mass is 9.93. The summed E-state index contributed by atoms with van der Waals surface area (Å²) in [5.74, 6) is -0.211. The lowest BCUT2D eigenvalue weighted by Crippen LogP contribution is -2.99. The third-order valence-corrected chi connectivity index (χ3v) is 3.00. The summed E-state index contributed by atoms with van der Waals surface area (Å²) in [7, 11) is 0. The van der Waals surface area contributed by atoms with Crippen molar-refractivity contribution in [2.75, 3.05) is 0 Å². The molecule has 0 bridgehead atoms. The van der Waals surface area contributed by atoms with Crippen molar-refractivity contribution in [3.63, 3.8) is 0 Å². The molecule has 0 fully saturated rings. The maximum absolute atomic E-state index is 10.8. The largest absolute Gasteiger partial charge is 0.595 e. The van der Waals surface area contributed by atoms with Crippen molar-refractivity contribution in [3.8, 4) is 6.07 Å². The highest BCUT2D eigenvalue weighted by Crippen LogP contribution is 2.20. The van der Waals surface area contributed by atoms with Crippen molar-refractivity contribution < 1.29 is 10.4 Å². The van der Waals surface area contributed by atoms with Crippen LogP contribution in [0.2, 0.25) is 0 Å². The van der Waals surface area contributed by atoms with Crippen molar-refractivity contribution >= 4 is 5.69 Å². The minimum atomic E-state index is -0.938. The zero-order chi connectivity index (χ0) is 13.7. The Morgan fingerprint density at radius 1 is 1.11 bits per heavy atom. The van der Waals surface area contributed by atoms with Gasteiger partial charge in [0, 0.05) is 12.1 Å². The molecule has 96 valence electrons. The Balaban J connectivity index is 2.13. The van der Waals surface area contributed by atoms with Crippen molar-refractivity contribution in [1.29, 1.82) is 5.26 Å². The first-order valence-electron chi connectivity index (χ1n) is 5.97. The number of quaternary nitrogens is 1. The first-order valence-corrected chi connectivity index (χ1v) is 5.97. The van der Waals surface area contributed by atoms with Gasteiger partial charge in [-0.1, -0.05) is 42.5 Å². The molecular weight excluding hydrogens is 240 g/mol. The monoisotopic (exact) mass is 254 g/mol. The lowest BCUT2D eigenvalue weighted by molar-refractivity contribution is -0.991. The van der Waals surface area contributed by atoms with E-state index < -0.39 is 5.23 Å². The van der Waals surface area contributed by atoms with E-state index in [1.807, 2.05) is 30.3 Å². The van der Waals surface area contributed by atoms with Gasteiger partial charge in [0.1, 0.15) is 0 Å². The summed E-state index contributed by atoms with van der Waals surface area (Å²) in [6.45, 7) is 0. The van der Waals surface area contributed by atoms with Gasteiger partial charge in [0.05, 0.1) is 12.0 Å². The molecule has 0 aliphatic heterocycles. The third kappa shape index (κ3) is 3.39. The van der Waals surface area contributed by atoms with E-state index in [0.717, 1.165) is 11.1 Å². The topological polar surface area (TPSA) is 71.5 Å². The second-order valence-corrected chi connectivity index (χ2v) is 4.30. The van der Waals surface area contributed by atoms with Crippen LogP contribution in [0.4, 0.5) is 5.69 Å². The summed E-state index contributed by atoms with van der Waals surface area (Å²) in [5.41, 5.74) is 2.20. The van der Waals surface area contributed by atoms with Crippen molar-refractivity contribution in [2.45, 2.75) is 12.3 Å². The van der Waals surface area contributed by atoms with Crippen LogP contribution < -0.4 is 5.23 Å². The molecule has 0 radical (unpaired) electrons. The van der Waals surface area contributed by atoms with Crippen LogP contribution in [-0.4, -0.2) is 5.21 Å². The molecule has 4 nitrogen and oxygen atoms in total. The predicted molar refractivity (Wildman–Crippen MR) is 70.7 cm³/mol. The number of nitrogens with zero attached hydrogens (tertiary/aromatic N) is 1. The molecule has 2 aromatic rings. The molecule has 0 spiro atoms. The molecule has 2 atom stereocenters. The van der Waals surface area contributed by atoms with E-state index in [1.165, 1.54) is 0 Å². The minimum absolute atomic E-state index is 0.211. The van der Waals surface area contributed by atoms with Crippen molar-refractivity contribution in [3.05, 3.63) is 70.9 Å². The van der Waals surface area contributed by atoms with Crippen LogP contribution in [0.3, 0.4) is 0 Å². The first-order chi connectivity index (χ1) is 9.20. The summed E-state index contributed by atoms with van der Waals surface area (Å²) < 4.78 is 0. The highest BCUT2D eigenvalue weighted by molar-refractivity contribution is 5.35. The summed E-state index contributed by atoms with van der Waals surface area (Å²) in [5, 5.41) is 27.9. The Bertz CT molecular complexity index is 559. The van der Waals surface area contributed by atoms with Gasteiger partial charge in [-0.05, 0) is 17.5 Å². The molecule has 4 heteroatoms. The quantitative estimate of drug-likeness (QED) is 0.819. The highest BCUT2D eigenvalue weighted by atomic mass is 16.8. The number of hydrogen-bond acceptors (Lipinski definition) is 3. The smallest absolute Gasteiger partial charge is 0.163 e. The third-order valence-electron chi connectivity index (χ3n) is 3.00. The Morgan fingerprint density at radius 2 is 1.74 bits per heavy atom. The SMILES string of the molecule is N#C[C@H](Cc1ccc([NH+]([O-])O)cc1)c1ccccc1. The number of nitriles is 1. The second kappa shape index (κ2) is 6.12. The minimum Gasteiger partial charge on any atom is -0.595 e. The van der Waals surface area contributed by atoms with Crippen molar-refractivity contribution in [1.82, 2.24) is 0 Å². The molecular formula is C15H14N2O2. The maximum Gasteiger partial charge on any atom is 0.163 e. The number of benzene rings is 2. The average molecular weight is 254 g/mol. The fraction of sp³-hybridized carbons (Fsp3) is 0.133. The Labute approximate surface area is 111 Å². The van der Waals surface area contributed by atoms with Gasteiger partial charge in [0.25, 0.3) is 0 Å². The Morgan fingerprint density at radius 3 is 2.26 bits per heavy atom. The molecule has 0 aromatic heterocycles. The number of hydrogen-bond donors (Lipinski definition) is 2. The van der Waals surface area contributed by atoms with Crippen LogP contribution in [0.5, 0.6) is 0 Å². The molecule has 0 heterocycles. The van der Waals surface area contributed by atoms with Crippen LogP contribution in [0.1, 0.15) is 17.0 Å². The molecule has 0 aliphatic rings. The molecule has 2 N–H and O–H groups in total. The van der Waals surface area contributed by atoms with Gasteiger partial charge in [-0.25, -0.2) is 5.21 Å². The molecule has 0 saturated carbocycles. The van der Waals surface area contributed by atoms with E-state index in [0.29, 0.717) is 6.42 Å². The fourth-order valence-corrected chi connectivity index (χ4v) is 1.94. The maximum atomic E-state index is 10.8. The van der Waals surface area contributed by atoms with E-state index in [2.05, 4.69) is 6.07 Å². The van der Waals surface area contributed by atoms with Gasteiger partial charge in [0.2, 0.25) is 0 Å². The van der Waals surface area contributed by atoms with E-state index in [1.54, 1.807) is 24.3 Å². The van der Waals surface area contributed by atoms with E-state index >= 15 is 0 Å². The normalized spacial score (nSPS) is 13.5.